The van der Waals surface area contributed by atoms with Gasteiger partial charge in [0.1, 0.15) is 0 Å². The van der Waals surface area contributed by atoms with Crippen LogP contribution in [0.3, 0.4) is 0 Å². The fourth-order valence-corrected chi connectivity index (χ4v) is 1.13. The molecule has 1 nitrogen and oxygen atoms in total. The van der Waals surface area contributed by atoms with Crippen molar-refractivity contribution in [2.75, 3.05) is 0 Å². The van der Waals surface area contributed by atoms with Gasteiger partial charge in [-0.2, -0.15) is 0 Å². The Kier molecular flexibility index (Phi) is 12.3. The molecule has 0 unspecified atom stereocenters. The molecule has 0 aliphatic rings. The third-order valence-corrected chi connectivity index (χ3v) is 2.99. The zero-order valence-electron chi connectivity index (χ0n) is 13.8. The molecule has 0 aliphatic carbocycles. The van der Waals surface area contributed by atoms with Crippen LogP contribution in [-0.2, 0) is 0 Å². The van der Waals surface area contributed by atoms with E-state index in [1.807, 2.05) is 0 Å². The highest BCUT2D eigenvalue weighted by Crippen LogP contribution is 2.14. The highest BCUT2D eigenvalue weighted by Gasteiger charge is 1.97. The van der Waals surface area contributed by atoms with E-state index in [-0.39, 0.29) is 0 Å². The fourth-order valence-electron chi connectivity index (χ4n) is 1.13. The lowest BCUT2D eigenvalue weighted by molar-refractivity contribution is 0.760. The van der Waals surface area contributed by atoms with E-state index in [1.54, 1.807) is 6.21 Å². The van der Waals surface area contributed by atoms with Crippen molar-refractivity contribution in [3.8, 4) is 0 Å². The minimum atomic E-state index is 0.480. The molecule has 0 aromatic carbocycles. The molecule has 0 saturated carbocycles. The second-order valence-corrected chi connectivity index (χ2v) is 5.21. The molecule has 0 spiro atoms. The van der Waals surface area contributed by atoms with Crippen molar-refractivity contribution in [3.63, 3.8) is 0 Å². The van der Waals surface area contributed by atoms with Crippen molar-refractivity contribution < 1.29 is 0 Å². The van der Waals surface area contributed by atoms with Gasteiger partial charge < -0.3 is 0 Å². The quantitative estimate of drug-likeness (QED) is 0.427. The van der Waals surface area contributed by atoms with Crippen LogP contribution in [0.2, 0.25) is 0 Å². The molecule has 0 aromatic heterocycles. The van der Waals surface area contributed by atoms with Crippen molar-refractivity contribution in [2.45, 2.75) is 48.5 Å². The summed E-state index contributed by atoms with van der Waals surface area (Å²) in [7, 11) is 0. The van der Waals surface area contributed by atoms with E-state index in [1.165, 1.54) is 17.3 Å². The number of rotatable bonds is 5. The van der Waals surface area contributed by atoms with E-state index in [0.717, 1.165) is 5.57 Å². The summed E-state index contributed by atoms with van der Waals surface area (Å²) in [6.45, 7) is 22.3. The van der Waals surface area contributed by atoms with Crippen molar-refractivity contribution in [1.29, 1.82) is 0 Å². The lowest BCUT2D eigenvalue weighted by Gasteiger charge is -2.06. The van der Waals surface area contributed by atoms with E-state index in [9.17, 15) is 0 Å². The molecular formula is C18H31N. The molecule has 0 aromatic rings. The first-order chi connectivity index (χ1) is 8.77. The zero-order valence-corrected chi connectivity index (χ0v) is 13.8. The molecular weight excluding hydrogens is 230 g/mol. The Bertz CT molecular complexity index is 352. The van der Waals surface area contributed by atoms with Gasteiger partial charge in [0.2, 0.25) is 0 Å². The van der Waals surface area contributed by atoms with Crippen LogP contribution in [0.25, 0.3) is 0 Å². The van der Waals surface area contributed by atoms with Crippen molar-refractivity contribution in [1.82, 2.24) is 0 Å². The van der Waals surface area contributed by atoms with Gasteiger partial charge >= 0.3 is 0 Å². The van der Waals surface area contributed by atoms with Crippen LogP contribution in [0.5, 0.6) is 0 Å². The number of hydrogen-bond acceptors (Lipinski definition) is 1. The monoisotopic (exact) mass is 261 g/mol. The van der Waals surface area contributed by atoms with Crippen LogP contribution in [0.15, 0.2) is 53.2 Å². The van der Waals surface area contributed by atoms with Gasteiger partial charge in [0.15, 0.2) is 0 Å². The molecule has 0 rings (SSSR count). The predicted molar refractivity (Wildman–Crippen MR) is 90.7 cm³/mol. The molecule has 0 N–H and O–H groups in total. The summed E-state index contributed by atoms with van der Waals surface area (Å²) in [5.74, 6) is 1.16. The summed E-state index contributed by atoms with van der Waals surface area (Å²) in [6.07, 6.45) is 7.49. The number of allylic oxidation sites excluding steroid dienone is 5. The first-order valence-corrected chi connectivity index (χ1v) is 6.90. The first-order valence-electron chi connectivity index (χ1n) is 6.90. The molecule has 0 heterocycles. The third kappa shape index (κ3) is 11.5. The molecule has 0 atom stereocenters. The SMILES string of the molecule is C/C=C\C(C)=C(/C)C(C)C.C=CN=CC(=C)C(C)C. The van der Waals surface area contributed by atoms with E-state index < -0.39 is 0 Å². The summed E-state index contributed by atoms with van der Waals surface area (Å²) in [5.41, 5.74) is 3.92. The van der Waals surface area contributed by atoms with Crippen LogP contribution >= 0.6 is 0 Å². The Balaban J connectivity index is 0. The normalized spacial score (nSPS) is 12.7. The van der Waals surface area contributed by atoms with Gasteiger partial charge in [-0.15, -0.1) is 0 Å². The average Bonchev–Trinajstić information content (AvgIpc) is 2.35. The van der Waals surface area contributed by atoms with Crippen molar-refractivity contribution >= 4 is 6.21 Å². The second kappa shape index (κ2) is 11.7. The van der Waals surface area contributed by atoms with Gasteiger partial charge in [-0.05, 0) is 38.2 Å². The summed E-state index contributed by atoms with van der Waals surface area (Å²) < 4.78 is 0. The molecule has 0 bridgehead atoms. The first kappa shape index (κ1) is 20.0. The van der Waals surface area contributed by atoms with Gasteiger partial charge in [0.25, 0.3) is 0 Å². The van der Waals surface area contributed by atoms with Gasteiger partial charge in [0, 0.05) is 12.4 Å². The molecule has 0 saturated heterocycles. The van der Waals surface area contributed by atoms with E-state index in [2.05, 4.69) is 78.8 Å². The maximum atomic E-state index is 3.83. The van der Waals surface area contributed by atoms with Gasteiger partial charge in [0.05, 0.1) is 0 Å². The highest BCUT2D eigenvalue weighted by atomic mass is 14.7. The number of hydrogen-bond donors (Lipinski definition) is 0. The maximum absolute atomic E-state index is 3.83. The topological polar surface area (TPSA) is 12.4 Å². The fraction of sp³-hybridized carbons (Fsp3) is 0.500. The molecule has 108 valence electrons. The van der Waals surface area contributed by atoms with E-state index >= 15 is 0 Å². The minimum Gasteiger partial charge on any atom is -0.265 e. The van der Waals surface area contributed by atoms with Gasteiger partial charge in [-0.3, -0.25) is 4.99 Å². The average molecular weight is 261 g/mol. The molecule has 0 radical (unpaired) electrons. The lowest BCUT2D eigenvalue weighted by atomic mass is 10.00. The van der Waals surface area contributed by atoms with Gasteiger partial charge in [-0.1, -0.05) is 64.2 Å². The summed E-state index contributed by atoms with van der Waals surface area (Å²) in [4.78, 5) is 3.83. The van der Waals surface area contributed by atoms with Crippen LogP contribution in [-0.4, -0.2) is 6.21 Å². The van der Waals surface area contributed by atoms with Crippen molar-refractivity contribution in [2.24, 2.45) is 16.8 Å². The maximum Gasteiger partial charge on any atom is 0.0296 e. The highest BCUT2D eigenvalue weighted by molar-refractivity contribution is 5.78. The molecule has 0 aliphatic heterocycles. The third-order valence-electron chi connectivity index (χ3n) is 2.99. The van der Waals surface area contributed by atoms with E-state index in [4.69, 9.17) is 0 Å². The minimum absolute atomic E-state index is 0.480. The summed E-state index contributed by atoms with van der Waals surface area (Å²) in [6, 6.07) is 0. The number of aliphatic imine (C=N–C) groups is 1. The lowest BCUT2D eigenvalue weighted by Crippen LogP contribution is -1.91. The summed E-state index contributed by atoms with van der Waals surface area (Å²) >= 11 is 0. The van der Waals surface area contributed by atoms with Crippen LogP contribution < -0.4 is 0 Å². The largest absolute Gasteiger partial charge is 0.265 e. The predicted octanol–water partition coefficient (Wildman–Crippen LogP) is 5.97. The molecule has 0 fully saturated rings. The Morgan fingerprint density at radius 3 is 1.89 bits per heavy atom. The van der Waals surface area contributed by atoms with Crippen LogP contribution in [0.1, 0.15) is 48.5 Å². The summed E-state index contributed by atoms with van der Waals surface area (Å²) in [5, 5.41) is 0. The molecule has 19 heavy (non-hydrogen) atoms. The Hall–Kier alpha value is -1.37. The Morgan fingerprint density at radius 2 is 1.58 bits per heavy atom. The zero-order chi connectivity index (χ0) is 15.4. The number of nitrogens with zero attached hydrogens (tertiary/aromatic N) is 1. The van der Waals surface area contributed by atoms with E-state index in [0.29, 0.717) is 11.8 Å². The molecule has 1 heteroatoms. The van der Waals surface area contributed by atoms with Crippen LogP contribution in [0.4, 0.5) is 0 Å². The smallest absolute Gasteiger partial charge is 0.0296 e. The Morgan fingerprint density at radius 1 is 1.05 bits per heavy atom. The van der Waals surface area contributed by atoms with Gasteiger partial charge in [-0.25, -0.2) is 0 Å². The molecule has 0 amide bonds. The Labute approximate surface area is 120 Å². The second-order valence-electron chi connectivity index (χ2n) is 5.21. The van der Waals surface area contributed by atoms with Crippen molar-refractivity contribution in [3.05, 3.63) is 48.2 Å². The standard InChI is InChI=1S/C10H18.C8H13N/c1-6-7-9(4)10(5)8(2)3;1-5-9-6-8(4)7(2)3/h6-8H,1-5H3;5-7H,1,4H2,2-3H3/b7-6-,10-9+;. The van der Waals surface area contributed by atoms with Crippen LogP contribution in [0, 0.1) is 11.8 Å².